The second-order valence-corrected chi connectivity index (χ2v) is 6.22. The van der Waals surface area contributed by atoms with E-state index in [9.17, 15) is 14.4 Å². The summed E-state index contributed by atoms with van der Waals surface area (Å²) in [6.07, 6.45) is 3.33. The van der Waals surface area contributed by atoms with Gasteiger partial charge < -0.3 is 11.1 Å². The SMILES string of the molecule is NC(=O)C(=O)C(Cc1ccccc1)NC(=O)C1=CN=CC1c1ccccc1. The summed E-state index contributed by atoms with van der Waals surface area (Å²) in [7, 11) is 0. The Morgan fingerprint density at radius 3 is 2.26 bits per heavy atom. The summed E-state index contributed by atoms with van der Waals surface area (Å²) < 4.78 is 0. The molecule has 2 amide bonds. The van der Waals surface area contributed by atoms with Crippen LogP contribution in [0.5, 0.6) is 0 Å². The van der Waals surface area contributed by atoms with Crippen molar-refractivity contribution in [3.05, 3.63) is 83.6 Å². The molecule has 0 saturated heterocycles. The highest BCUT2D eigenvalue weighted by molar-refractivity contribution is 6.38. The predicted octanol–water partition coefficient (Wildman–Crippen LogP) is 1.52. The molecule has 27 heavy (non-hydrogen) atoms. The Bertz CT molecular complexity index is 905. The zero-order chi connectivity index (χ0) is 19.2. The van der Waals surface area contributed by atoms with Gasteiger partial charge in [-0.3, -0.25) is 19.4 Å². The van der Waals surface area contributed by atoms with Gasteiger partial charge in [-0.25, -0.2) is 0 Å². The van der Waals surface area contributed by atoms with Gasteiger partial charge in [-0.2, -0.15) is 0 Å². The third-order valence-electron chi connectivity index (χ3n) is 4.35. The van der Waals surface area contributed by atoms with Crippen molar-refractivity contribution in [1.82, 2.24) is 5.32 Å². The van der Waals surface area contributed by atoms with Gasteiger partial charge >= 0.3 is 0 Å². The topological polar surface area (TPSA) is 102 Å². The summed E-state index contributed by atoms with van der Waals surface area (Å²) in [5.41, 5.74) is 7.30. The second kappa shape index (κ2) is 8.23. The van der Waals surface area contributed by atoms with E-state index in [1.165, 1.54) is 6.20 Å². The Hall–Kier alpha value is -3.54. The highest BCUT2D eigenvalue weighted by Crippen LogP contribution is 2.26. The highest BCUT2D eigenvalue weighted by Gasteiger charge is 2.30. The normalized spacial score (nSPS) is 16.4. The van der Waals surface area contributed by atoms with Gasteiger partial charge in [0, 0.05) is 24.4 Å². The molecular formula is C21H19N3O3. The van der Waals surface area contributed by atoms with Crippen molar-refractivity contribution in [2.24, 2.45) is 10.7 Å². The number of hydrogen-bond acceptors (Lipinski definition) is 4. The molecule has 2 atom stereocenters. The predicted molar refractivity (Wildman–Crippen MR) is 102 cm³/mol. The number of amides is 2. The minimum absolute atomic E-state index is 0.179. The fourth-order valence-corrected chi connectivity index (χ4v) is 2.97. The molecule has 2 unspecified atom stereocenters. The molecule has 0 bridgehead atoms. The summed E-state index contributed by atoms with van der Waals surface area (Å²) >= 11 is 0. The quantitative estimate of drug-likeness (QED) is 0.731. The lowest BCUT2D eigenvalue weighted by molar-refractivity contribution is -0.138. The molecule has 0 aromatic heterocycles. The van der Waals surface area contributed by atoms with Crippen LogP contribution in [0.1, 0.15) is 17.0 Å². The summed E-state index contributed by atoms with van der Waals surface area (Å²) in [6.45, 7) is 0. The molecule has 0 saturated carbocycles. The second-order valence-electron chi connectivity index (χ2n) is 6.22. The number of nitrogens with two attached hydrogens (primary N) is 1. The van der Waals surface area contributed by atoms with Gasteiger partial charge in [-0.1, -0.05) is 60.7 Å². The number of carbonyl (C=O) groups excluding carboxylic acids is 3. The molecule has 136 valence electrons. The van der Waals surface area contributed by atoms with Crippen LogP contribution in [0.2, 0.25) is 0 Å². The van der Waals surface area contributed by atoms with E-state index in [4.69, 9.17) is 5.73 Å². The van der Waals surface area contributed by atoms with Crippen LogP contribution in [0, 0.1) is 0 Å². The summed E-state index contributed by atoms with van der Waals surface area (Å²) in [5, 5.41) is 2.65. The average molecular weight is 361 g/mol. The molecule has 6 nitrogen and oxygen atoms in total. The molecule has 0 fully saturated rings. The lowest BCUT2D eigenvalue weighted by atomic mass is 9.93. The van der Waals surface area contributed by atoms with Crippen molar-refractivity contribution >= 4 is 23.8 Å². The number of benzene rings is 2. The number of primary amides is 1. The van der Waals surface area contributed by atoms with Crippen LogP contribution in [-0.4, -0.2) is 29.9 Å². The van der Waals surface area contributed by atoms with Crippen LogP contribution in [-0.2, 0) is 20.8 Å². The number of ketones is 1. The van der Waals surface area contributed by atoms with E-state index in [1.807, 2.05) is 60.7 Å². The number of Topliss-reactive ketones (excluding diaryl/α,β-unsaturated/α-hetero) is 1. The molecule has 6 heteroatoms. The number of carbonyl (C=O) groups is 3. The van der Waals surface area contributed by atoms with E-state index >= 15 is 0 Å². The third kappa shape index (κ3) is 4.36. The molecule has 0 aliphatic carbocycles. The van der Waals surface area contributed by atoms with E-state index in [0.29, 0.717) is 5.57 Å². The van der Waals surface area contributed by atoms with E-state index < -0.39 is 23.6 Å². The highest BCUT2D eigenvalue weighted by atomic mass is 16.2. The van der Waals surface area contributed by atoms with Gasteiger partial charge in [0.1, 0.15) is 6.04 Å². The minimum Gasteiger partial charge on any atom is -0.363 e. The largest absolute Gasteiger partial charge is 0.363 e. The van der Waals surface area contributed by atoms with Crippen molar-refractivity contribution in [3.8, 4) is 0 Å². The number of nitrogens with one attached hydrogen (secondary N) is 1. The molecule has 0 spiro atoms. The van der Waals surface area contributed by atoms with Crippen LogP contribution in [0.15, 0.2) is 77.4 Å². The van der Waals surface area contributed by atoms with Gasteiger partial charge in [0.15, 0.2) is 0 Å². The van der Waals surface area contributed by atoms with Crippen molar-refractivity contribution in [3.63, 3.8) is 0 Å². The van der Waals surface area contributed by atoms with Crippen molar-refractivity contribution in [1.29, 1.82) is 0 Å². The van der Waals surface area contributed by atoms with Gasteiger partial charge in [0.2, 0.25) is 11.7 Å². The monoisotopic (exact) mass is 361 g/mol. The summed E-state index contributed by atoms with van der Waals surface area (Å²) in [4.78, 5) is 40.5. The number of aliphatic imine (C=N–C) groups is 1. The third-order valence-corrected chi connectivity index (χ3v) is 4.35. The Kier molecular flexibility index (Phi) is 5.56. The number of nitrogens with zero attached hydrogens (tertiary/aromatic N) is 1. The maximum absolute atomic E-state index is 12.8. The van der Waals surface area contributed by atoms with Gasteiger partial charge in [-0.05, 0) is 11.1 Å². The molecule has 2 aromatic rings. The Labute approximate surface area is 156 Å². The van der Waals surface area contributed by atoms with Crippen LogP contribution in [0.3, 0.4) is 0 Å². The van der Waals surface area contributed by atoms with Crippen molar-refractivity contribution in [2.75, 3.05) is 0 Å². The molecule has 1 heterocycles. The summed E-state index contributed by atoms with van der Waals surface area (Å²) in [5.74, 6) is -2.65. The maximum Gasteiger partial charge on any atom is 0.287 e. The fourth-order valence-electron chi connectivity index (χ4n) is 2.97. The van der Waals surface area contributed by atoms with E-state index in [0.717, 1.165) is 11.1 Å². The number of rotatable bonds is 7. The van der Waals surface area contributed by atoms with Crippen LogP contribution >= 0.6 is 0 Å². The molecule has 1 aliphatic rings. The Morgan fingerprint density at radius 2 is 1.63 bits per heavy atom. The molecule has 3 rings (SSSR count). The first-order valence-electron chi connectivity index (χ1n) is 8.53. The first-order chi connectivity index (χ1) is 13.1. The first-order valence-corrected chi connectivity index (χ1v) is 8.53. The van der Waals surface area contributed by atoms with Gasteiger partial charge in [-0.15, -0.1) is 0 Å². The molecule has 2 aromatic carbocycles. The van der Waals surface area contributed by atoms with Crippen LogP contribution in [0.4, 0.5) is 0 Å². The van der Waals surface area contributed by atoms with E-state index in [1.54, 1.807) is 6.21 Å². The molecular weight excluding hydrogens is 342 g/mol. The Morgan fingerprint density at radius 1 is 1.00 bits per heavy atom. The molecule has 0 radical (unpaired) electrons. The van der Waals surface area contributed by atoms with Gasteiger partial charge in [0.25, 0.3) is 5.91 Å². The fraction of sp³-hybridized carbons (Fsp3) is 0.143. The molecule has 3 N–H and O–H groups in total. The smallest absolute Gasteiger partial charge is 0.287 e. The first kappa shape index (κ1) is 18.3. The number of hydrogen-bond donors (Lipinski definition) is 2. The van der Waals surface area contributed by atoms with E-state index in [-0.39, 0.29) is 12.3 Å². The zero-order valence-electron chi connectivity index (χ0n) is 14.5. The standard InChI is InChI=1S/C21H19N3O3/c22-20(26)19(25)18(11-14-7-3-1-4-8-14)24-21(27)17-13-23-12-16(17)15-9-5-2-6-10-15/h1-10,12-13,16,18H,11H2,(H2,22,26)(H,24,27). The van der Waals surface area contributed by atoms with E-state index in [2.05, 4.69) is 10.3 Å². The average Bonchev–Trinajstić information content (AvgIpc) is 3.18. The summed E-state index contributed by atoms with van der Waals surface area (Å²) in [6, 6.07) is 17.5. The lowest BCUT2D eigenvalue weighted by Gasteiger charge is -2.19. The van der Waals surface area contributed by atoms with Gasteiger partial charge in [0.05, 0.1) is 5.92 Å². The molecule has 1 aliphatic heterocycles. The van der Waals surface area contributed by atoms with Crippen LogP contribution < -0.4 is 11.1 Å². The lowest BCUT2D eigenvalue weighted by Crippen LogP contribution is -2.48. The Balaban J connectivity index is 1.78. The minimum atomic E-state index is -1.08. The van der Waals surface area contributed by atoms with Crippen LogP contribution in [0.25, 0.3) is 0 Å². The zero-order valence-corrected chi connectivity index (χ0v) is 14.5. The maximum atomic E-state index is 12.8. The van der Waals surface area contributed by atoms with Crippen molar-refractivity contribution < 1.29 is 14.4 Å². The van der Waals surface area contributed by atoms with Crippen molar-refractivity contribution in [2.45, 2.75) is 18.4 Å².